The number of aromatic nitrogens is 3. The van der Waals surface area contributed by atoms with Gasteiger partial charge in [-0.1, -0.05) is 57.2 Å². The van der Waals surface area contributed by atoms with E-state index < -0.39 is 12.0 Å². The van der Waals surface area contributed by atoms with Crippen molar-refractivity contribution in [2.75, 3.05) is 18.5 Å². The third-order valence-corrected chi connectivity index (χ3v) is 8.03. The lowest BCUT2D eigenvalue weighted by Crippen LogP contribution is -2.54. The largest absolute Gasteiger partial charge is 0.480 e. The molecule has 0 radical (unpaired) electrons. The quantitative estimate of drug-likeness (QED) is 0.278. The summed E-state index contributed by atoms with van der Waals surface area (Å²) in [6, 6.07) is 14.7. The number of nitrogens with one attached hydrogen (secondary N) is 1. The molecule has 2 aliphatic rings. The Morgan fingerprint density at radius 2 is 1.90 bits per heavy atom. The lowest BCUT2D eigenvalue weighted by molar-refractivity contribution is -0.187. The number of carboxylic acid groups (broad SMARTS) is 1. The maximum Gasteiger partial charge on any atom is 0.324 e. The molecule has 2 aromatic heterocycles. The van der Waals surface area contributed by atoms with Gasteiger partial charge in [-0.05, 0) is 62.5 Å². The van der Waals surface area contributed by atoms with E-state index in [0.717, 1.165) is 67.8 Å². The number of benzene rings is 1. The van der Waals surface area contributed by atoms with Gasteiger partial charge in [0.15, 0.2) is 5.82 Å². The van der Waals surface area contributed by atoms with Gasteiger partial charge in [0, 0.05) is 41.9 Å². The molecule has 9 nitrogen and oxygen atoms in total. The predicted molar refractivity (Wildman–Crippen MR) is 158 cm³/mol. The highest BCUT2D eigenvalue weighted by molar-refractivity contribution is 5.73. The van der Waals surface area contributed by atoms with Crippen molar-refractivity contribution in [1.82, 2.24) is 20.0 Å². The molecule has 0 bridgehead atoms. The maximum absolute atomic E-state index is 12.3. The van der Waals surface area contributed by atoms with Crippen LogP contribution in [-0.2, 0) is 23.1 Å². The molecule has 1 aromatic carbocycles. The van der Waals surface area contributed by atoms with E-state index in [-0.39, 0.29) is 24.5 Å². The van der Waals surface area contributed by atoms with Gasteiger partial charge in [-0.3, -0.25) is 4.79 Å². The van der Waals surface area contributed by atoms with E-state index in [0.29, 0.717) is 17.6 Å². The van der Waals surface area contributed by atoms with Crippen molar-refractivity contribution in [3.8, 4) is 17.3 Å². The van der Waals surface area contributed by atoms with E-state index >= 15 is 0 Å². The molecule has 3 heterocycles. The molecule has 1 fully saturated rings. The van der Waals surface area contributed by atoms with Crippen LogP contribution >= 0.6 is 0 Å². The molecule has 218 valence electrons. The van der Waals surface area contributed by atoms with E-state index in [1.807, 2.05) is 30.3 Å². The molecule has 3 aromatic rings. The summed E-state index contributed by atoms with van der Waals surface area (Å²) in [7, 11) is 0. The van der Waals surface area contributed by atoms with E-state index in [1.165, 1.54) is 5.56 Å². The van der Waals surface area contributed by atoms with Gasteiger partial charge in [0.25, 0.3) is 0 Å². The molecule has 9 heteroatoms. The topological polar surface area (TPSA) is 121 Å². The van der Waals surface area contributed by atoms with Crippen molar-refractivity contribution in [3.63, 3.8) is 0 Å². The van der Waals surface area contributed by atoms with Crippen LogP contribution in [0.2, 0.25) is 0 Å². The van der Waals surface area contributed by atoms with E-state index in [9.17, 15) is 15.0 Å². The van der Waals surface area contributed by atoms with Gasteiger partial charge in [-0.2, -0.15) is 4.98 Å². The number of aliphatic carboxylic acids is 1. The van der Waals surface area contributed by atoms with E-state index in [1.54, 1.807) is 11.1 Å². The summed E-state index contributed by atoms with van der Waals surface area (Å²) in [6.07, 6.45) is 5.75. The molecule has 3 N–H and O–H groups in total. The molecular formula is C32H41N5O4. The van der Waals surface area contributed by atoms with Gasteiger partial charge < -0.3 is 20.4 Å². The van der Waals surface area contributed by atoms with Crippen molar-refractivity contribution >= 4 is 11.8 Å². The first-order chi connectivity index (χ1) is 19.7. The Kier molecular flexibility index (Phi) is 8.85. The highest BCUT2D eigenvalue weighted by atomic mass is 16.7. The number of carboxylic acids is 1. The Hall–Kier alpha value is -3.56. The zero-order valence-electron chi connectivity index (χ0n) is 24.2. The number of hydrogen-bond acceptors (Lipinski definition) is 8. The van der Waals surface area contributed by atoms with Gasteiger partial charge >= 0.3 is 5.97 Å². The smallest absolute Gasteiger partial charge is 0.324 e. The van der Waals surface area contributed by atoms with Crippen molar-refractivity contribution in [1.29, 1.82) is 0 Å². The highest BCUT2D eigenvalue weighted by Crippen LogP contribution is 2.38. The molecule has 0 spiro atoms. The summed E-state index contributed by atoms with van der Waals surface area (Å²) in [6.45, 7) is 6.93. The Morgan fingerprint density at radius 3 is 2.61 bits per heavy atom. The van der Waals surface area contributed by atoms with Gasteiger partial charge in [-0.15, -0.1) is 5.06 Å². The molecule has 0 unspecified atom stereocenters. The van der Waals surface area contributed by atoms with E-state index in [2.05, 4.69) is 43.2 Å². The zero-order valence-corrected chi connectivity index (χ0v) is 24.2. The molecule has 41 heavy (non-hydrogen) atoms. The van der Waals surface area contributed by atoms with Crippen molar-refractivity contribution in [3.05, 3.63) is 65.5 Å². The number of hydrogen-bond donors (Lipinski definition) is 3. The fraction of sp³-hybridized carbons (Fsp3) is 0.500. The Balaban J connectivity index is 1.32. The van der Waals surface area contributed by atoms with Gasteiger partial charge in [-0.25, -0.2) is 9.97 Å². The van der Waals surface area contributed by atoms with Crippen LogP contribution in [0.3, 0.4) is 0 Å². The number of aliphatic hydroxyl groups is 1. The summed E-state index contributed by atoms with van der Waals surface area (Å²) in [5.74, 6) is 1.27. The third-order valence-electron chi connectivity index (χ3n) is 8.03. The molecular weight excluding hydrogens is 518 g/mol. The number of nitrogens with zero attached hydrogens (tertiary/aromatic N) is 4. The number of fused-ring (bicyclic) bond motifs is 1. The standard InChI is InChI=1S/C32H41N5O4/c1-32(2,3)27-20-28(36-30(35-27)22-8-5-4-6-9-22)41-37(26(15-17-38)31(39)40)25-18-21(19-25)11-13-24-14-12-23-10-7-16-33-29(23)34-24/h4-6,8-9,12,14,20-21,25-26,38H,7,10-11,13,15-19H2,1-3H3,(H,33,34)(H,39,40)/t21?,25?,26-/m0/s1. The van der Waals surface area contributed by atoms with Crippen molar-refractivity contribution in [2.45, 2.75) is 83.2 Å². The lowest BCUT2D eigenvalue weighted by Gasteiger charge is -2.43. The SMILES string of the molecule is CC(C)(C)c1cc(ON(C2CC(CCc3ccc4c(n3)NCCC4)C2)[C@@H](CCO)C(=O)O)nc(-c2ccccc2)n1. The Bertz CT molecular complexity index is 1340. The van der Waals surface area contributed by atoms with Gasteiger partial charge in [0.05, 0.1) is 5.69 Å². The predicted octanol–water partition coefficient (Wildman–Crippen LogP) is 5.04. The molecule has 0 saturated heterocycles. The molecule has 1 aliphatic carbocycles. The third kappa shape index (κ3) is 7.02. The first-order valence-electron chi connectivity index (χ1n) is 14.7. The average molecular weight is 560 g/mol. The molecule has 5 rings (SSSR count). The first kappa shape index (κ1) is 29.0. The highest BCUT2D eigenvalue weighted by Gasteiger charge is 2.41. The van der Waals surface area contributed by atoms with Crippen molar-refractivity contribution in [2.24, 2.45) is 5.92 Å². The summed E-state index contributed by atoms with van der Waals surface area (Å²) in [4.78, 5) is 32.9. The van der Waals surface area contributed by atoms with Crippen molar-refractivity contribution < 1.29 is 19.8 Å². The van der Waals surface area contributed by atoms with Gasteiger partial charge in [0.2, 0.25) is 5.88 Å². The Morgan fingerprint density at radius 1 is 1.12 bits per heavy atom. The minimum atomic E-state index is -1.03. The first-order valence-corrected chi connectivity index (χ1v) is 14.7. The van der Waals surface area contributed by atoms with Crippen LogP contribution in [0.5, 0.6) is 5.88 Å². The molecule has 1 aliphatic heterocycles. The molecule has 1 saturated carbocycles. The lowest BCUT2D eigenvalue weighted by atomic mass is 9.76. The second-order valence-corrected chi connectivity index (χ2v) is 12.2. The van der Waals surface area contributed by atoms with Crippen LogP contribution in [0, 0.1) is 5.92 Å². The molecule has 1 atom stereocenters. The Labute approximate surface area is 242 Å². The van der Waals surface area contributed by atoms with Crippen LogP contribution in [0.25, 0.3) is 11.4 Å². The average Bonchev–Trinajstić information content (AvgIpc) is 2.94. The van der Waals surface area contributed by atoms with Crippen LogP contribution < -0.4 is 10.2 Å². The number of rotatable bonds is 11. The monoisotopic (exact) mass is 559 g/mol. The second kappa shape index (κ2) is 12.5. The minimum absolute atomic E-state index is 0.0608. The fourth-order valence-corrected chi connectivity index (χ4v) is 5.56. The minimum Gasteiger partial charge on any atom is -0.480 e. The summed E-state index contributed by atoms with van der Waals surface area (Å²) >= 11 is 0. The van der Waals surface area contributed by atoms with Crippen LogP contribution in [-0.4, -0.2) is 61.4 Å². The number of anilines is 1. The normalized spacial score (nSPS) is 19.1. The summed E-state index contributed by atoms with van der Waals surface area (Å²) in [5.41, 5.74) is 3.76. The zero-order chi connectivity index (χ0) is 29.0. The molecule has 0 amide bonds. The summed E-state index contributed by atoms with van der Waals surface area (Å²) in [5, 5.41) is 24.7. The number of hydroxylamine groups is 2. The van der Waals surface area contributed by atoms with Crippen LogP contribution in [0.15, 0.2) is 48.5 Å². The number of carbonyl (C=O) groups is 1. The van der Waals surface area contributed by atoms with E-state index in [4.69, 9.17) is 14.8 Å². The van der Waals surface area contributed by atoms with Crippen LogP contribution in [0.4, 0.5) is 5.82 Å². The number of aryl methyl sites for hydroxylation is 2. The summed E-state index contributed by atoms with van der Waals surface area (Å²) < 4.78 is 0. The number of aliphatic hydroxyl groups excluding tert-OH is 1. The maximum atomic E-state index is 12.3. The van der Waals surface area contributed by atoms with Gasteiger partial charge in [0.1, 0.15) is 11.9 Å². The number of pyridine rings is 1. The van der Waals surface area contributed by atoms with Crippen LogP contribution in [0.1, 0.15) is 69.8 Å². The second-order valence-electron chi connectivity index (χ2n) is 12.2. The fourth-order valence-electron chi connectivity index (χ4n) is 5.56.